The molecule has 25 heavy (non-hydrogen) atoms. The van der Waals surface area contributed by atoms with E-state index in [1.165, 1.54) is 17.7 Å². The maximum Gasteiger partial charge on any atom is 0.251 e. The number of carbonyl (C=O) groups excluding carboxylic acids is 2. The molecule has 2 amide bonds. The zero-order chi connectivity index (χ0) is 17.5. The molecule has 138 valence electrons. The van der Waals surface area contributed by atoms with Crippen molar-refractivity contribution in [3.05, 3.63) is 41.2 Å². The van der Waals surface area contributed by atoms with E-state index < -0.39 is 5.82 Å². The van der Waals surface area contributed by atoms with Crippen molar-refractivity contribution in [2.45, 2.75) is 26.7 Å². The topological polar surface area (TPSA) is 70.2 Å². The SMILES string of the molecule is CC(C)CC(=O)Nc1ccc(C(=O)NCC2=CCNCC2)cc1F.Cl. The minimum atomic E-state index is -0.610. The molecule has 0 fully saturated rings. The van der Waals surface area contributed by atoms with Gasteiger partial charge in [0.1, 0.15) is 5.82 Å². The second-order valence-corrected chi connectivity index (χ2v) is 6.34. The van der Waals surface area contributed by atoms with E-state index in [4.69, 9.17) is 0 Å². The van der Waals surface area contributed by atoms with Crippen LogP contribution in [0.3, 0.4) is 0 Å². The predicted molar refractivity (Wildman–Crippen MR) is 99.6 cm³/mol. The molecule has 7 heteroatoms. The molecule has 0 atom stereocenters. The van der Waals surface area contributed by atoms with Crippen LogP contribution in [0.1, 0.15) is 37.0 Å². The summed E-state index contributed by atoms with van der Waals surface area (Å²) in [5.41, 5.74) is 1.50. The summed E-state index contributed by atoms with van der Waals surface area (Å²) in [6, 6.07) is 4.09. The van der Waals surface area contributed by atoms with Crippen molar-refractivity contribution in [2.75, 3.05) is 25.0 Å². The molecule has 0 saturated heterocycles. The second-order valence-electron chi connectivity index (χ2n) is 6.34. The number of nitrogens with one attached hydrogen (secondary N) is 3. The van der Waals surface area contributed by atoms with Crippen molar-refractivity contribution in [3.8, 4) is 0 Å². The summed E-state index contributed by atoms with van der Waals surface area (Å²) in [5, 5.41) is 8.52. The summed E-state index contributed by atoms with van der Waals surface area (Å²) in [6.07, 6.45) is 3.28. The molecule has 0 aliphatic carbocycles. The highest BCUT2D eigenvalue weighted by Gasteiger charge is 2.13. The van der Waals surface area contributed by atoms with Gasteiger partial charge in [0.25, 0.3) is 5.91 Å². The molecular weight excluding hydrogens is 345 g/mol. The van der Waals surface area contributed by atoms with Crippen LogP contribution in [0.4, 0.5) is 10.1 Å². The molecule has 1 aromatic rings. The van der Waals surface area contributed by atoms with Gasteiger partial charge in [0.2, 0.25) is 5.91 Å². The van der Waals surface area contributed by atoms with Gasteiger partial charge in [-0.15, -0.1) is 12.4 Å². The van der Waals surface area contributed by atoms with E-state index in [1.54, 1.807) is 0 Å². The minimum absolute atomic E-state index is 0. The first kappa shape index (κ1) is 21.1. The van der Waals surface area contributed by atoms with Gasteiger partial charge in [-0.2, -0.15) is 0 Å². The van der Waals surface area contributed by atoms with Gasteiger partial charge in [0, 0.05) is 25.1 Å². The average molecular weight is 370 g/mol. The third-order valence-corrected chi connectivity index (χ3v) is 3.73. The Morgan fingerprint density at radius 1 is 1.32 bits per heavy atom. The predicted octanol–water partition coefficient (Wildman–Crippen LogP) is 2.88. The fourth-order valence-corrected chi connectivity index (χ4v) is 2.46. The Balaban J connectivity index is 0.00000312. The number of carbonyl (C=O) groups is 2. The molecule has 1 aliphatic heterocycles. The molecule has 1 aliphatic rings. The van der Waals surface area contributed by atoms with Crippen LogP contribution in [0, 0.1) is 11.7 Å². The Morgan fingerprint density at radius 2 is 2.08 bits per heavy atom. The Morgan fingerprint density at radius 3 is 2.68 bits per heavy atom. The third kappa shape index (κ3) is 6.84. The second kappa shape index (κ2) is 10.2. The van der Waals surface area contributed by atoms with Crippen LogP contribution in [0.15, 0.2) is 29.8 Å². The number of hydrogen-bond donors (Lipinski definition) is 3. The normalized spacial score (nSPS) is 13.7. The quantitative estimate of drug-likeness (QED) is 0.675. The highest BCUT2D eigenvalue weighted by atomic mass is 35.5. The van der Waals surface area contributed by atoms with E-state index in [-0.39, 0.29) is 41.4 Å². The number of benzene rings is 1. The largest absolute Gasteiger partial charge is 0.348 e. The number of halogens is 2. The first-order chi connectivity index (χ1) is 11.5. The summed E-state index contributed by atoms with van der Waals surface area (Å²) < 4.78 is 14.1. The smallest absolute Gasteiger partial charge is 0.251 e. The molecule has 0 spiro atoms. The van der Waals surface area contributed by atoms with Crippen molar-refractivity contribution in [1.29, 1.82) is 0 Å². The number of rotatable bonds is 6. The molecule has 1 aromatic carbocycles. The Kier molecular flexibility index (Phi) is 8.58. The van der Waals surface area contributed by atoms with Crippen LogP contribution < -0.4 is 16.0 Å². The summed E-state index contributed by atoms with van der Waals surface area (Å²) >= 11 is 0. The summed E-state index contributed by atoms with van der Waals surface area (Å²) in [4.78, 5) is 23.8. The number of anilines is 1. The fourth-order valence-electron chi connectivity index (χ4n) is 2.46. The van der Waals surface area contributed by atoms with E-state index >= 15 is 0 Å². The van der Waals surface area contributed by atoms with Gasteiger partial charge < -0.3 is 16.0 Å². The van der Waals surface area contributed by atoms with Gasteiger partial charge in [0.15, 0.2) is 0 Å². The molecule has 2 rings (SSSR count). The summed E-state index contributed by atoms with van der Waals surface area (Å²) in [7, 11) is 0. The molecule has 1 heterocycles. The zero-order valence-electron chi connectivity index (χ0n) is 14.5. The summed E-state index contributed by atoms with van der Waals surface area (Å²) in [5.74, 6) is -0.976. The minimum Gasteiger partial charge on any atom is -0.348 e. The molecule has 5 nitrogen and oxygen atoms in total. The van der Waals surface area contributed by atoms with Crippen LogP contribution in [-0.4, -0.2) is 31.4 Å². The van der Waals surface area contributed by atoms with Crippen LogP contribution in [0.2, 0.25) is 0 Å². The van der Waals surface area contributed by atoms with Crippen LogP contribution in [-0.2, 0) is 4.79 Å². The zero-order valence-corrected chi connectivity index (χ0v) is 15.3. The maximum atomic E-state index is 14.1. The lowest BCUT2D eigenvalue weighted by molar-refractivity contribution is -0.116. The number of amides is 2. The molecular formula is C18H25ClFN3O2. The standard InChI is InChI=1S/C18H24FN3O2.ClH/c1-12(2)9-17(23)22-16-4-3-14(10-15(16)19)18(24)21-11-13-5-7-20-8-6-13;/h3-5,10,12,20H,6-9,11H2,1-2H3,(H,21,24)(H,22,23);1H. The lowest BCUT2D eigenvalue weighted by Crippen LogP contribution is -2.29. The monoisotopic (exact) mass is 369 g/mol. The van der Waals surface area contributed by atoms with Crippen molar-refractivity contribution in [3.63, 3.8) is 0 Å². The van der Waals surface area contributed by atoms with Crippen molar-refractivity contribution < 1.29 is 14.0 Å². The van der Waals surface area contributed by atoms with E-state index in [9.17, 15) is 14.0 Å². The van der Waals surface area contributed by atoms with Gasteiger partial charge in [-0.3, -0.25) is 9.59 Å². The molecule has 0 bridgehead atoms. The Labute approximate surface area is 153 Å². The Hall–Kier alpha value is -1.92. The Bertz CT molecular complexity index is 647. The lowest BCUT2D eigenvalue weighted by atomic mass is 10.1. The molecule has 0 unspecified atom stereocenters. The van der Waals surface area contributed by atoms with E-state index in [0.29, 0.717) is 13.0 Å². The van der Waals surface area contributed by atoms with Gasteiger partial charge in [0.05, 0.1) is 5.69 Å². The van der Waals surface area contributed by atoms with Crippen LogP contribution in [0.5, 0.6) is 0 Å². The van der Waals surface area contributed by atoms with Gasteiger partial charge in [-0.1, -0.05) is 25.5 Å². The molecule has 0 saturated carbocycles. The van der Waals surface area contributed by atoms with E-state index in [0.717, 1.165) is 25.6 Å². The summed E-state index contributed by atoms with van der Waals surface area (Å²) in [6.45, 7) is 6.02. The first-order valence-electron chi connectivity index (χ1n) is 8.22. The van der Waals surface area contributed by atoms with E-state index in [1.807, 2.05) is 13.8 Å². The van der Waals surface area contributed by atoms with Gasteiger partial charge in [-0.25, -0.2) is 4.39 Å². The first-order valence-corrected chi connectivity index (χ1v) is 8.22. The highest BCUT2D eigenvalue weighted by Crippen LogP contribution is 2.17. The van der Waals surface area contributed by atoms with E-state index in [2.05, 4.69) is 22.0 Å². The molecule has 0 radical (unpaired) electrons. The third-order valence-electron chi connectivity index (χ3n) is 3.73. The van der Waals surface area contributed by atoms with Gasteiger partial charge in [-0.05, 0) is 37.1 Å². The highest BCUT2D eigenvalue weighted by molar-refractivity contribution is 5.96. The van der Waals surface area contributed by atoms with Crippen molar-refractivity contribution in [1.82, 2.24) is 10.6 Å². The van der Waals surface area contributed by atoms with Gasteiger partial charge >= 0.3 is 0 Å². The average Bonchev–Trinajstić information content (AvgIpc) is 2.54. The number of hydrogen-bond acceptors (Lipinski definition) is 3. The maximum absolute atomic E-state index is 14.1. The molecule has 3 N–H and O–H groups in total. The van der Waals surface area contributed by atoms with Crippen molar-refractivity contribution in [2.24, 2.45) is 5.92 Å². The van der Waals surface area contributed by atoms with Crippen LogP contribution in [0.25, 0.3) is 0 Å². The lowest BCUT2D eigenvalue weighted by Gasteiger charge is -2.15. The molecule has 0 aromatic heterocycles. The van der Waals surface area contributed by atoms with Crippen LogP contribution >= 0.6 is 12.4 Å². The van der Waals surface area contributed by atoms with Crippen molar-refractivity contribution >= 4 is 29.9 Å². The fraction of sp³-hybridized carbons (Fsp3) is 0.444.